The van der Waals surface area contributed by atoms with Crippen molar-refractivity contribution in [1.29, 1.82) is 0 Å². The summed E-state index contributed by atoms with van der Waals surface area (Å²) in [4.78, 5) is 35.4. The van der Waals surface area contributed by atoms with E-state index in [2.05, 4.69) is 63.6 Å². The number of hydrogen-bond donors (Lipinski definition) is 0. The van der Waals surface area contributed by atoms with Crippen LogP contribution in [0.3, 0.4) is 0 Å². The summed E-state index contributed by atoms with van der Waals surface area (Å²) in [5, 5.41) is 0.953. The van der Waals surface area contributed by atoms with Crippen molar-refractivity contribution in [2.75, 3.05) is 75.2 Å². The van der Waals surface area contributed by atoms with E-state index in [9.17, 15) is 9.59 Å². The minimum atomic E-state index is -0.533. The van der Waals surface area contributed by atoms with Crippen LogP contribution in [0.25, 0.3) is 5.57 Å². The summed E-state index contributed by atoms with van der Waals surface area (Å²) in [5.74, 6) is 0.756. The molecular formula is C33H41BrN4O5. The largest absolute Gasteiger partial charge is 0.493 e. The van der Waals surface area contributed by atoms with Gasteiger partial charge in [-0.2, -0.15) is 0 Å². The Hall–Kier alpha value is -3.50. The number of hydrogen-bond acceptors (Lipinski definition) is 7. The van der Waals surface area contributed by atoms with Gasteiger partial charge in [0.2, 0.25) is 0 Å². The molecule has 10 heteroatoms. The van der Waals surface area contributed by atoms with Crippen LogP contribution in [0.2, 0.25) is 0 Å². The summed E-state index contributed by atoms with van der Waals surface area (Å²) in [6, 6.07) is 11.7. The summed E-state index contributed by atoms with van der Waals surface area (Å²) in [6.45, 7) is 8.65. The maximum absolute atomic E-state index is 14.1. The fourth-order valence-electron chi connectivity index (χ4n) is 5.80. The molecule has 3 heterocycles. The van der Waals surface area contributed by atoms with E-state index in [1.807, 2.05) is 6.20 Å². The van der Waals surface area contributed by atoms with Gasteiger partial charge in [-0.25, -0.2) is 4.79 Å². The van der Waals surface area contributed by atoms with Crippen molar-refractivity contribution < 1.29 is 23.8 Å². The molecule has 230 valence electrons. The van der Waals surface area contributed by atoms with E-state index in [-0.39, 0.29) is 25.1 Å². The molecule has 1 saturated heterocycles. The van der Waals surface area contributed by atoms with Crippen LogP contribution in [0.4, 0.5) is 16.2 Å². The molecule has 1 fully saturated rings. The van der Waals surface area contributed by atoms with Crippen LogP contribution in [0.5, 0.6) is 11.5 Å². The summed E-state index contributed by atoms with van der Waals surface area (Å²) in [7, 11) is 3.71. The molecule has 43 heavy (non-hydrogen) atoms. The molecule has 3 aliphatic rings. The number of carbonyl (C=O) groups excluding carboxylic acids is 2. The molecule has 0 spiro atoms. The van der Waals surface area contributed by atoms with Crippen LogP contribution >= 0.6 is 15.9 Å². The van der Waals surface area contributed by atoms with E-state index in [1.165, 1.54) is 11.8 Å². The van der Waals surface area contributed by atoms with Crippen molar-refractivity contribution in [2.45, 2.75) is 31.7 Å². The standard InChI is InChI=1S/C33H41BrN4O5/c1-4-17-43-33(40)38-23-27-19-25(24-8-10-26(11-9-24)36-15-13-35(2)14-16-36)22-37(27)32(39)28-20-30(41-3)31(21-29(28)38)42-18-7-5-6-12-34/h4,8-11,20-22,27H,1,5-7,12-19,23H2,2-3H3/t27-/m0/s1. The first-order valence-corrected chi connectivity index (χ1v) is 16.1. The maximum atomic E-state index is 14.1. The molecule has 0 aliphatic carbocycles. The molecule has 2 aromatic rings. The molecule has 3 aliphatic heterocycles. The topological polar surface area (TPSA) is 74.8 Å². The van der Waals surface area contributed by atoms with Gasteiger partial charge in [0, 0.05) is 49.5 Å². The van der Waals surface area contributed by atoms with Crippen LogP contribution < -0.4 is 19.3 Å². The molecule has 5 rings (SSSR count). The Labute approximate surface area is 262 Å². The number of fused-ring (bicyclic) bond motifs is 2. The van der Waals surface area contributed by atoms with Crippen LogP contribution in [0, 0.1) is 0 Å². The quantitative estimate of drug-likeness (QED) is 0.173. The molecular weight excluding hydrogens is 612 g/mol. The van der Waals surface area contributed by atoms with E-state index in [4.69, 9.17) is 14.2 Å². The Kier molecular flexibility index (Phi) is 10.3. The van der Waals surface area contributed by atoms with Crippen molar-refractivity contribution in [1.82, 2.24) is 9.80 Å². The molecule has 0 saturated carbocycles. The molecule has 1 atom stereocenters. The van der Waals surface area contributed by atoms with Gasteiger partial charge in [0.25, 0.3) is 5.91 Å². The smallest absolute Gasteiger partial charge is 0.414 e. The van der Waals surface area contributed by atoms with Crippen LogP contribution in [-0.2, 0) is 4.74 Å². The Morgan fingerprint density at radius 2 is 1.84 bits per heavy atom. The Balaban J connectivity index is 1.42. The van der Waals surface area contributed by atoms with Gasteiger partial charge in [-0.1, -0.05) is 40.7 Å². The highest BCUT2D eigenvalue weighted by Gasteiger charge is 2.40. The third-order valence-electron chi connectivity index (χ3n) is 8.26. The second-order valence-corrected chi connectivity index (χ2v) is 11.9. The fraction of sp³-hybridized carbons (Fsp3) is 0.455. The lowest BCUT2D eigenvalue weighted by molar-refractivity contribution is 0.0794. The van der Waals surface area contributed by atoms with Gasteiger partial charge in [-0.15, -0.1) is 0 Å². The van der Waals surface area contributed by atoms with Gasteiger partial charge in [0.15, 0.2) is 11.5 Å². The number of anilines is 2. The van der Waals surface area contributed by atoms with E-state index >= 15 is 0 Å². The molecule has 0 radical (unpaired) electrons. The number of benzene rings is 2. The van der Waals surface area contributed by atoms with Gasteiger partial charge >= 0.3 is 6.09 Å². The molecule has 2 aromatic carbocycles. The Bertz CT molecular complexity index is 1340. The third-order valence-corrected chi connectivity index (χ3v) is 8.82. The fourth-order valence-corrected chi connectivity index (χ4v) is 6.20. The van der Waals surface area contributed by atoms with E-state index in [0.29, 0.717) is 35.8 Å². The minimum absolute atomic E-state index is 0.0726. The summed E-state index contributed by atoms with van der Waals surface area (Å²) >= 11 is 3.46. The predicted molar refractivity (Wildman–Crippen MR) is 174 cm³/mol. The third kappa shape index (κ3) is 7.02. The highest BCUT2D eigenvalue weighted by Crippen LogP contribution is 2.42. The van der Waals surface area contributed by atoms with E-state index < -0.39 is 6.09 Å². The lowest BCUT2D eigenvalue weighted by Gasteiger charge is -2.34. The van der Waals surface area contributed by atoms with E-state index in [1.54, 1.807) is 29.0 Å². The summed E-state index contributed by atoms with van der Waals surface area (Å²) in [6.07, 6.45) is 6.53. The number of methoxy groups -OCH3 is 1. The highest BCUT2D eigenvalue weighted by atomic mass is 79.9. The Morgan fingerprint density at radius 3 is 2.53 bits per heavy atom. The number of piperazine rings is 1. The summed E-state index contributed by atoms with van der Waals surface area (Å²) in [5.41, 5.74) is 4.16. The number of rotatable bonds is 11. The lowest BCUT2D eigenvalue weighted by atomic mass is 10.0. The molecule has 9 nitrogen and oxygen atoms in total. The summed E-state index contributed by atoms with van der Waals surface area (Å²) < 4.78 is 17.2. The average molecular weight is 654 g/mol. The normalized spacial score (nSPS) is 18.5. The van der Waals surface area contributed by atoms with Crippen LogP contribution in [0.1, 0.15) is 41.6 Å². The van der Waals surface area contributed by atoms with Crippen molar-refractivity contribution in [3.63, 3.8) is 0 Å². The molecule has 0 unspecified atom stereocenters. The molecule has 0 aromatic heterocycles. The van der Waals surface area contributed by atoms with Gasteiger partial charge in [-0.05, 0) is 62.1 Å². The number of carbonyl (C=O) groups is 2. The second kappa shape index (κ2) is 14.3. The maximum Gasteiger partial charge on any atom is 0.414 e. The lowest BCUT2D eigenvalue weighted by Crippen LogP contribution is -2.44. The second-order valence-electron chi connectivity index (χ2n) is 11.2. The number of ether oxygens (including phenoxy) is 3. The first-order chi connectivity index (χ1) is 20.9. The first kappa shape index (κ1) is 30.9. The zero-order valence-electron chi connectivity index (χ0n) is 25.1. The van der Waals surface area contributed by atoms with E-state index in [0.717, 1.165) is 61.9 Å². The number of likely N-dealkylation sites (N-methyl/N-ethyl adjacent to an activating group) is 1. The number of nitrogens with zero attached hydrogens (tertiary/aromatic N) is 4. The molecule has 2 amide bonds. The van der Waals surface area contributed by atoms with Gasteiger partial charge in [0.05, 0.1) is 37.6 Å². The predicted octanol–water partition coefficient (Wildman–Crippen LogP) is 5.79. The zero-order chi connectivity index (χ0) is 30.3. The van der Waals surface area contributed by atoms with Crippen molar-refractivity contribution in [3.05, 3.63) is 66.4 Å². The monoisotopic (exact) mass is 652 g/mol. The van der Waals surface area contributed by atoms with Gasteiger partial charge in [0.1, 0.15) is 6.61 Å². The zero-order valence-corrected chi connectivity index (χ0v) is 26.7. The number of unbranched alkanes of at least 4 members (excludes halogenated alkanes) is 2. The minimum Gasteiger partial charge on any atom is -0.493 e. The van der Waals surface area contributed by atoms with Gasteiger partial charge < -0.3 is 28.9 Å². The SMILES string of the molecule is C=CCOC(=O)N1C[C@@H]2CC(c3ccc(N4CCN(C)CC4)cc3)=CN2C(=O)c2cc(OC)c(OCCCCCBr)cc21. The molecule has 0 N–H and O–H groups in total. The average Bonchev–Trinajstić information content (AvgIpc) is 3.42. The van der Waals surface area contributed by atoms with Crippen molar-refractivity contribution in [3.8, 4) is 11.5 Å². The van der Waals surface area contributed by atoms with Crippen molar-refractivity contribution in [2.24, 2.45) is 0 Å². The molecule has 0 bridgehead atoms. The first-order valence-electron chi connectivity index (χ1n) is 15.0. The van der Waals surface area contributed by atoms with Crippen LogP contribution in [-0.4, -0.2) is 93.3 Å². The van der Waals surface area contributed by atoms with Gasteiger partial charge in [-0.3, -0.25) is 9.69 Å². The Morgan fingerprint density at radius 1 is 1.07 bits per heavy atom. The number of alkyl halides is 1. The number of amides is 2. The van der Waals surface area contributed by atoms with Crippen molar-refractivity contribution >= 4 is 44.9 Å². The highest BCUT2D eigenvalue weighted by molar-refractivity contribution is 9.09. The number of halogens is 1. The van der Waals surface area contributed by atoms with Crippen LogP contribution in [0.15, 0.2) is 55.3 Å².